The predicted molar refractivity (Wildman–Crippen MR) is 82.4 cm³/mol. The Bertz CT molecular complexity index is 689. The van der Waals surface area contributed by atoms with Crippen LogP contribution in [-0.2, 0) is 4.79 Å². The highest BCUT2D eigenvalue weighted by molar-refractivity contribution is 5.94. The number of nitrogens with one attached hydrogen (secondary N) is 2. The number of hydrogen-bond donors (Lipinski definition) is 2. The normalized spacial score (nSPS) is 13.4. The molecule has 122 valence electrons. The van der Waals surface area contributed by atoms with E-state index in [-0.39, 0.29) is 11.5 Å². The number of carbonyl (C=O) groups is 1. The van der Waals surface area contributed by atoms with Gasteiger partial charge in [0.15, 0.2) is 0 Å². The van der Waals surface area contributed by atoms with Crippen LogP contribution in [0.15, 0.2) is 42.5 Å². The highest BCUT2D eigenvalue weighted by Crippen LogP contribution is 2.18. The Morgan fingerprint density at radius 1 is 0.957 bits per heavy atom. The van der Waals surface area contributed by atoms with Crippen molar-refractivity contribution in [2.24, 2.45) is 0 Å². The van der Waals surface area contributed by atoms with Crippen LogP contribution in [0.25, 0.3) is 0 Å². The van der Waals surface area contributed by atoms with E-state index < -0.39 is 29.5 Å². The zero-order chi connectivity index (χ0) is 17.0. The van der Waals surface area contributed by atoms with Gasteiger partial charge in [0.05, 0.1) is 6.04 Å². The summed E-state index contributed by atoms with van der Waals surface area (Å²) < 4.78 is 39.5. The molecule has 0 fully saturated rings. The van der Waals surface area contributed by atoms with Gasteiger partial charge in [-0.15, -0.1) is 0 Å². The molecule has 0 bridgehead atoms. The summed E-state index contributed by atoms with van der Waals surface area (Å²) in [6.45, 7) is 3.30. The molecule has 0 heterocycles. The lowest BCUT2D eigenvalue weighted by atomic mass is 10.1. The van der Waals surface area contributed by atoms with E-state index in [1.807, 2.05) is 0 Å². The van der Waals surface area contributed by atoms with Crippen molar-refractivity contribution >= 4 is 11.6 Å². The first kappa shape index (κ1) is 17.0. The van der Waals surface area contributed by atoms with Crippen molar-refractivity contribution < 1.29 is 18.0 Å². The van der Waals surface area contributed by atoms with Crippen LogP contribution in [0.5, 0.6) is 0 Å². The van der Waals surface area contributed by atoms with Crippen molar-refractivity contribution in [3.8, 4) is 0 Å². The fourth-order valence-electron chi connectivity index (χ4n) is 2.18. The Hall–Kier alpha value is -2.34. The molecule has 0 unspecified atom stereocenters. The van der Waals surface area contributed by atoms with Gasteiger partial charge >= 0.3 is 0 Å². The molecule has 0 radical (unpaired) electrons. The maximum absolute atomic E-state index is 13.7. The minimum absolute atomic E-state index is 0.271. The molecule has 2 aromatic carbocycles. The molecule has 0 aliphatic rings. The summed E-state index contributed by atoms with van der Waals surface area (Å²) in [5.74, 6) is -2.06. The number of rotatable bonds is 5. The Balaban J connectivity index is 1.98. The van der Waals surface area contributed by atoms with E-state index >= 15 is 0 Å². The molecule has 0 aliphatic carbocycles. The second-order valence-corrected chi connectivity index (χ2v) is 5.27. The Morgan fingerprint density at radius 2 is 1.57 bits per heavy atom. The maximum atomic E-state index is 13.7. The lowest BCUT2D eigenvalue weighted by Crippen LogP contribution is -2.39. The highest BCUT2D eigenvalue weighted by atomic mass is 19.1. The lowest BCUT2D eigenvalue weighted by Gasteiger charge is -2.20. The zero-order valence-electron chi connectivity index (χ0n) is 12.7. The predicted octanol–water partition coefficient (Wildman–Crippen LogP) is 3.78. The Labute approximate surface area is 132 Å². The zero-order valence-corrected chi connectivity index (χ0v) is 12.7. The summed E-state index contributed by atoms with van der Waals surface area (Å²) in [6.07, 6.45) is 0. The fraction of sp³-hybridized carbons (Fsp3) is 0.235. The average Bonchev–Trinajstić information content (AvgIpc) is 2.49. The Kier molecular flexibility index (Phi) is 5.39. The highest BCUT2D eigenvalue weighted by Gasteiger charge is 2.18. The van der Waals surface area contributed by atoms with Gasteiger partial charge in [-0.25, -0.2) is 13.2 Å². The molecule has 2 atom stereocenters. The second-order valence-electron chi connectivity index (χ2n) is 5.27. The molecule has 6 heteroatoms. The topological polar surface area (TPSA) is 41.1 Å². The third-order valence-electron chi connectivity index (χ3n) is 3.43. The number of anilines is 1. The van der Waals surface area contributed by atoms with Crippen molar-refractivity contribution in [2.45, 2.75) is 25.9 Å². The number of carbonyl (C=O) groups excluding carboxylic acids is 1. The lowest BCUT2D eigenvalue weighted by molar-refractivity contribution is -0.117. The minimum atomic E-state index is -0.670. The average molecular weight is 322 g/mol. The minimum Gasteiger partial charge on any atom is -0.325 e. The third kappa shape index (κ3) is 4.56. The van der Waals surface area contributed by atoms with Crippen LogP contribution in [0.4, 0.5) is 18.9 Å². The summed E-state index contributed by atoms with van der Waals surface area (Å²) in [5, 5.41) is 5.57. The van der Waals surface area contributed by atoms with Crippen molar-refractivity contribution in [1.29, 1.82) is 0 Å². The van der Waals surface area contributed by atoms with Gasteiger partial charge in [0.25, 0.3) is 0 Å². The SMILES string of the molecule is C[C@H](N[C@H](C)c1ccc(F)cc1F)C(=O)Nc1ccc(F)cc1. The monoisotopic (exact) mass is 322 g/mol. The number of halogens is 3. The smallest absolute Gasteiger partial charge is 0.241 e. The van der Waals surface area contributed by atoms with E-state index in [2.05, 4.69) is 10.6 Å². The van der Waals surface area contributed by atoms with Crippen molar-refractivity contribution in [2.75, 3.05) is 5.32 Å². The molecular weight excluding hydrogens is 305 g/mol. The summed E-state index contributed by atoms with van der Waals surface area (Å²) in [6, 6.07) is 7.58. The molecule has 23 heavy (non-hydrogen) atoms. The molecule has 3 nitrogen and oxygen atoms in total. The number of hydrogen-bond acceptors (Lipinski definition) is 2. The molecule has 1 amide bonds. The van der Waals surface area contributed by atoms with E-state index in [0.29, 0.717) is 5.69 Å². The fourth-order valence-corrected chi connectivity index (χ4v) is 2.18. The molecule has 0 aliphatic heterocycles. The van der Waals surface area contributed by atoms with E-state index in [1.54, 1.807) is 13.8 Å². The second kappa shape index (κ2) is 7.28. The van der Waals surface area contributed by atoms with E-state index in [0.717, 1.165) is 6.07 Å². The van der Waals surface area contributed by atoms with Crippen LogP contribution in [-0.4, -0.2) is 11.9 Å². The number of amides is 1. The third-order valence-corrected chi connectivity index (χ3v) is 3.43. The quantitative estimate of drug-likeness (QED) is 0.879. The Morgan fingerprint density at radius 3 is 2.17 bits per heavy atom. The van der Waals surface area contributed by atoms with Gasteiger partial charge in [-0.3, -0.25) is 10.1 Å². The number of benzene rings is 2. The van der Waals surface area contributed by atoms with Crippen LogP contribution < -0.4 is 10.6 Å². The first-order chi connectivity index (χ1) is 10.9. The van der Waals surface area contributed by atoms with E-state index in [1.165, 1.54) is 36.4 Å². The standard InChI is InChI=1S/C17H17F3N2O/c1-10(15-8-5-13(19)9-16(15)20)21-11(2)17(23)22-14-6-3-12(18)4-7-14/h3-11,21H,1-2H3,(H,22,23)/t10-,11+/m1/s1. The molecule has 2 N–H and O–H groups in total. The maximum Gasteiger partial charge on any atom is 0.241 e. The van der Waals surface area contributed by atoms with E-state index in [9.17, 15) is 18.0 Å². The van der Waals surface area contributed by atoms with Crippen LogP contribution in [0.2, 0.25) is 0 Å². The van der Waals surface area contributed by atoms with Gasteiger partial charge in [0.2, 0.25) is 5.91 Å². The van der Waals surface area contributed by atoms with E-state index in [4.69, 9.17) is 0 Å². The van der Waals surface area contributed by atoms with Gasteiger partial charge in [0, 0.05) is 23.4 Å². The molecule has 2 rings (SSSR count). The van der Waals surface area contributed by atoms with Crippen LogP contribution in [0, 0.1) is 17.5 Å². The largest absolute Gasteiger partial charge is 0.325 e. The summed E-state index contributed by atoms with van der Waals surface area (Å²) in [4.78, 5) is 12.1. The van der Waals surface area contributed by atoms with Gasteiger partial charge < -0.3 is 5.32 Å². The first-order valence-corrected chi connectivity index (χ1v) is 7.14. The van der Waals surface area contributed by atoms with Gasteiger partial charge in [-0.05, 0) is 44.2 Å². The first-order valence-electron chi connectivity index (χ1n) is 7.14. The van der Waals surface area contributed by atoms with Crippen molar-refractivity contribution in [3.63, 3.8) is 0 Å². The van der Waals surface area contributed by atoms with Crippen LogP contribution in [0.1, 0.15) is 25.5 Å². The van der Waals surface area contributed by atoms with Gasteiger partial charge in [-0.1, -0.05) is 6.07 Å². The molecular formula is C17H17F3N2O. The van der Waals surface area contributed by atoms with Crippen LogP contribution >= 0.6 is 0 Å². The van der Waals surface area contributed by atoms with Crippen molar-refractivity contribution in [1.82, 2.24) is 5.32 Å². The summed E-state index contributed by atoms with van der Waals surface area (Å²) in [5.41, 5.74) is 0.735. The molecule has 0 saturated heterocycles. The molecule has 2 aromatic rings. The summed E-state index contributed by atoms with van der Waals surface area (Å²) >= 11 is 0. The summed E-state index contributed by atoms with van der Waals surface area (Å²) in [7, 11) is 0. The molecule has 0 saturated carbocycles. The van der Waals surface area contributed by atoms with Gasteiger partial charge in [-0.2, -0.15) is 0 Å². The van der Waals surface area contributed by atoms with Crippen LogP contribution in [0.3, 0.4) is 0 Å². The molecule has 0 spiro atoms. The van der Waals surface area contributed by atoms with Gasteiger partial charge in [0.1, 0.15) is 17.5 Å². The van der Waals surface area contributed by atoms with Crippen molar-refractivity contribution in [3.05, 3.63) is 65.5 Å². The molecule has 0 aromatic heterocycles.